The molecule has 0 saturated carbocycles. The Bertz CT molecular complexity index is 502. The van der Waals surface area contributed by atoms with Gasteiger partial charge in [0.1, 0.15) is 0 Å². The van der Waals surface area contributed by atoms with Crippen molar-refractivity contribution in [2.75, 3.05) is 19.3 Å². The van der Waals surface area contributed by atoms with E-state index in [0.717, 1.165) is 19.3 Å². The van der Waals surface area contributed by atoms with Crippen molar-refractivity contribution in [3.05, 3.63) is 0 Å². The molecule has 0 aromatic carbocycles. The number of nitrogens with zero attached hydrogens (tertiary/aromatic N) is 1. The van der Waals surface area contributed by atoms with E-state index in [1.165, 1.54) is 0 Å². The fourth-order valence-corrected chi connectivity index (χ4v) is 3.75. The van der Waals surface area contributed by atoms with E-state index < -0.39 is 14.6 Å². The maximum absolute atomic E-state index is 12.1. The Hall–Kier alpha value is -0.0900. The van der Waals surface area contributed by atoms with Crippen molar-refractivity contribution in [3.63, 3.8) is 0 Å². The Morgan fingerprint density at radius 2 is 2.00 bits per heavy atom. The molecular weight excluding hydrogens is 417 g/mol. The first-order valence-electron chi connectivity index (χ1n) is 7.58. The third-order valence-electron chi connectivity index (χ3n) is 4.25. The number of sulfone groups is 1. The van der Waals surface area contributed by atoms with Crippen molar-refractivity contribution in [2.45, 2.75) is 63.0 Å². The van der Waals surface area contributed by atoms with Crippen LogP contribution >= 0.6 is 24.0 Å². The first kappa shape index (κ1) is 20.0. The minimum atomic E-state index is -3.11. The second-order valence-electron chi connectivity index (χ2n) is 6.79. The molecule has 0 aliphatic carbocycles. The first-order valence-corrected chi connectivity index (χ1v) is 9.23. The Morgan fingerprint density at radius 1 is 1.32 bits per heavy atom. The molecule has 2 aliphatic rings. The summed E-state index contributed by atoms with van der Waals surface area (Å²) in [4.78, 5) is 4.16. The monoisotopic (exact) mass is 445 g/mol. The van der Waals surface area contributed by atoms with E-state index in [1.807, 2.05) is 0 Å². The molecule has 0 aromatic heterocycles. The Kier molecular flexibility index (Phi) is 6.94. The summed E-state index contributed by atoms with van der Waals surface area (Å²) in [7, 11) is -1.41. The fourth-order valence-electron chi connectivity index (χ4n) is 2.77. The minimum absolute atomic E-state index is 0. The number of hydrogen-bond donors (Lipinski definition) is 2. The normalized spacial score (nSPS) is 28.4. The van der Waals surface area contributed by atoms with Crippen LogP contribution in [0.5, 0.6) is 0 Å². The summed E-state index contributed by atoms with van der Waals surface area (Å²) in [6, 6.07) is 0.286. The second kappa shape index (κ2) is 7.65. The van der Waals surface area contributed by atoms with E-state index in [0.29, 0.717) is 18.6 Å². The predicted octanol–water partition coefficient (Wildman–Crippen LogP) is 1.30. The molecule has 2 fully saturated rings. The molecule has 8 heteroatoms. The molecule has 2 saturated heterocycles. The fraction of sp³-hybridized carbons (Fsp3) is 0.929. The summed E-state index contributed by atoms with van der Waals surface area (Å²) >= 11 is 0. The van der Waals surface area contributed by atoms with Crippen molar-refractivity contribution in [1.82, 2.24) is 10.6 Å². The van der Waals surface area contributed by atoms with Crippen molar-refractivity contribution in [3.8, 4) is 0 Å². The van der Waals surface area contributed by atoms with Gasteiger partial charge in [0.25, 0.3) is 0 Å². The molecule has 2 heterocycles. The van der Waals surface area contributed by atoms with Gasteiger partial charge in [-0.2, -0.15) is 0 Å². The average molecular weight is 445 g/mol. The van der Waals surface area contributed by atoms with Gasteiger partial charge in [0, 0.05) is 13.6 Å². The Morgan fingerprint density at radius 3 is 2.45 bits per heavy atom. The van der Waals surface area contributed by atoms with Gasteiger partial charge in [-0.25, -0.2) is 8.42 Å². The summed E-state index contributed by atoms with van der Waals surface area (Å²) in [6.07, 6.45) is 3.90. The van der Waals surface area contributed by atoms with Gasteiger partial charge in [0.05, 0.1) is 28.7 Å². The lowest BCUT2D eigenvalue weighted by atomic mass is 9.96. The van der Waals surface area contributed by atoms with Gasteiger partial charge in [-0.15, -0.1) is 24.0 Å². The van der Waals surface area contributed by atoms with E-state index in [1.54, 1.807) is 27.8 Å². The molecule has 2 rings (SSSR count). The van der Waals surface area contributed by atoms with Crippen LogP contribution in [0.25, 0.3) is 0 Å². The van der Waals surface area contributed by atoms with Crippen LogP contribution in [-0.4, -0.2) is 56.7 Å². The number of ether oxygens (including phenoxy) is 1. The van der Waals surface area contributed by atoms with Gasteiger partial charge >= 0.3 is 0 Å². The molecule has 0 spiro atoms. The van der Waals surface area contributed by atoms with E-state index in [-0.39, 0.29) is 41.9 Å². The number of aliphatic imine (C=N–C) groups is 1. The lowest BCUT2D eigenvalue weighted by molar-refractivity contribution is 0.0992. The summed E-state index contributed by atoms with van der Waals surface area (Å²) in [5.74, 6) is 0.755. The summed E-state index contributed by atoms with van der Waals surface area (Å²) in [5.41, 5.74) is 0. The zero-order chi connectivity index (χ0) is 15.7. The zero-order valence-electron chi connectivity index (χ0n) is 13.8. The Labute approximate surface area is 150 Å². The van der Waals surface area contributed by atoms with Crippen LogP contribution in [0.15, 0.2) is 4.99 Å². The van der Waals surface area contributed by atoms with Crippen molar-refractivity contribution < 1.29 is 13.2 Å². The number of rotatable bonds is 4. The van der Waals surface area contributed by atoms with E-state index in [4.69, 9.17) is 4.74 Å². The van der Waals surface area contributed by atoms with Crippen LogP contribution in [0, 0.1) is 0 Å². The number of hydrogen-bond acceptors (Lipinski definition) is 4. The predicted molar refractivity (Wildman–Crippen MR) is 99.8 cm³/mol. The molecule has 2 aliphatic heterocycles. The second-order valence-corrected chi connectivity index (χ2v) is 9.65. The molecule has 130 valence electrons. The highest BCUT2D eigenvalue weighted by Gasteiger charge is 2.41. The summed E-state index contributed by atoms with van der Waals surface area (Å²) < 4.78 is 29.2. The van der Waals surface area contributed by atoms with Crippen molar-refractivity contribution in [1.29, 1.82) is 0 Å². The molecule has 22 heavy (non-hydrogen) atoms. The molecule has 2 bridgehead atoms. The molecule has 2 N–H and O–H groups in total. The lowest BCUT2D eigenvalue weighted by Gasteiger charge is -2.23. The highest BCUT2D eigenvalue weighted by molar-refractivity contribution is 14.0. The zero-order valence-corrected chi connectivity index (χ0v) is 16.9. The van der Waals surface area contributed by atoms with Gasteiger partial charge in [-0.05, 0) is 40.0 Å². The minimum Gasteiger partial charge on any atom is -0.373 e. The van der Waals surface area contributed by atoms with E-state index >= 15 is 0 Å². The maximum Gasteiger partial charge on any atom is 0.191 e. The highest BCUT2D eigenvalue weighted by atomic mass is 127. The number of halogens is 1. The molecule has 0 radical (unpaired) electrons. The molecular formula is C14H28IN3O3S. The van der Waals surface area contributed by atoms with E-state index in [2.05, 4.69) is 15.6 Å². The van der Waals surface area contributed by atoms with Crippen LogP contribution in [0.3, 0.4) is 0 Å². The first-order chi connectivity index (χ1) is 9.73. The lowest BCUT2D eigenvalue weighted by Crippen LogP contribution is -2.48. The largest absolute Gasteiger partial charge is 0.373 e. The molecule has 0 aromatic rings. The van der Waals surface area contributed by atoms with Gasteiger partial charge in [0.2, 0.25) is 0 Å². The summed E-state index contributed by atoms with van der Waals surface area (Å²) in [6.45, 7) is 5.53. The van der Waals surface area contributed by atoms with Gasteiger partial charge in [-0.3, -0.25) is 4.99 Å². The van der Waals surface area contributed by atoms with Crippen molar-refractivity contribution in [2.24, 2.45) is 4.99 Å². The number of fused-ring (bicyclic) bond motifs is 2. The van der Waals surface area contributed by atoms with Crippen LogP contribution < -0.4 is 10.6 Å². The SMILES string of the molecule is CN=C(NCCS(=O)(=O)C(C)(C)C)NC1CC2CCC1O2.I. The van der Waals surface area contributed by atoms with Gasteiger partial charge in [-0.1, -0.05) is 0 Å². The molecule has 6 nitrogen and oxygen atoms in total. The van der Waals surface area contributed by atoms with Crippen molar-refractivity contribution >= 4 is 39.8 Å². The summed E-state index contributed by atoms with van der Waals surface area (Å²) in [5, 5.41) is 6.43. The number of nitrogens with one attached hydrogen (secondary N) is 2. The third-order valence-corrected chi connectivity index (χ3v) is 6.86. The van der Waals surface area contributed by atoms with Crippen LogP contribution in [0.1, 0.15) is 40.0 Å². The maximum atomic E-state index is 12.1. The van der Waals surface area contributed by atoms with Crippen LogP contribution in [0.2, 0.25) is 0 Å². The molecule has 3 atom stereocenters. The smallest absolute Gasteiger partial charge is 0.191 e. The molecule has 0 amide bonds. The van der Waals surface area contributed by atoms with Crippen LogP contribution in [-0.2, 0) is 14.6 Å². The highest BCUT2D eigenvalue weighted by Crippen LogP contribution is 2.34. The molecule has 3 unspecified atom stereocenters. The number of guanidine groups is 1. The third kappa shape index (κ3) is 4.70. The topological polar surface area (TPSA) is 79.8 Å². The standard InChI is InChI=1S/C14H27N3O3S.HI/c1-14(2,3)21(18,19)8-7-16-13(15-4)17-11-9-10-5-6-12(11)20-10;/h10-12H,5-9H2,1-4H3,(H2,15,16,17);1H. The quantitative estimate of drug-likeness (QED) is 0.388. The van der Waals surface area contributed by atoms with Crippen LogP contribution in [0.4, 0.5) is 0 Å². The average Bonchev–Trinajstić information content (AvgIpc) is 2.98. The van der Waals surface area contributed by atoms with E-state index in [9.17, 15) is 8.42 Å². The van der Waals surface area contributed by atoms with Gasteiger partial charge in [0.15, 0.2) is 15.8 Å². The Balaban J connectivity index is 0.00000242. The van der Waals surface area contributed by atoms with Gasteiger partial charge < -0.3 is 15.4 Å².